The van der Waals surface area contributed by atoms with Gasteiger partial charge in [0.15, 0.2) is 0 Å². The van der Waals surface area contributed by atoms with Crippen molar-refractivity contribution in [3.63, 3.8) is 0 Å². The highest BCUT2D eigenvalue weighted by Gasteiger charge is 2.18. The molecule has 0 spiro atoms. The van der Waals surface area contributed by atoms with Crippen molar-refractivity contribution in [2.45, 2.75) is 26.4 Å². The lowest BCUT2D eigenvalue weighted by Gasteiger charge is -2.13. The SMILES string of the molecule is CC(C)[C@H](N)C(=O)OCOC(=O)/C=C/c1ccc(Cn2ccnc2)cc1. The summed E-state index contributed by atoms with van der Waals surface area (Å²) in [5, 5.41) is 0. The monoisotopic (exact) mass is 357 g/mol. The molecular formula is C19H23N3O4. The molecule has 0 aliphatic rings. The fourth-order valence-electron chi connectivity index (χ4n) is 2.05. The Balaban J connectivity index is 1.76. The zero-order chi connectivity index (χ0) is 18.9. The summed E-state index contributed by atoms with van der Waals surface area (Å²) >= 11 is 0. The van der Waals surface area contributed by atoms with Crippen LogP contribution in [0.4, 0.5) is 0 Å². The Bertz CT molecular complexity index is 737. The lowest BCUT2D eigenvalue weighted by atomic mass is 10.1. The van der Waals surface area contributed by atoms with E-state index in [0.717, 1.165) is 17.7 Å². The van der Waals surface area contributed by atoms with Crippen molar-refractivity contribution in [1.29, 1.82) is 0 Å². The number of carbonyl (C=O) groups excluding carboxylic acids is 2. The molecule has 0 unspecified atom stereocenters. The summed E-state index contributed by atoms with van der Waals surface area (Å²) in [6.07, 6.45) is 8.29. The number of benzene rings is 1. The number of carbonyl (C=O) groups is 2. The summed E-state index contributed by atoms with van der Waals surface area (Å²) in [6.45, 7) is 3.89. The van der Waals surface area contributed by atoms with Crippen molar-refractivity contribution in [2.24, 2.45) is 11.7 Å². The number of esters is 2. The summed E-state index contributed by atoms with van der Waals surface area (Å²) in [5.41, 5.74) is 7.61. The molecule has 7 heteroatoms. The molecule has 0 aliphatic heterocycles. The topological polar surface area (TPSA) is 96.4 Å². The predicted molar refractivity (Wildman–Crippen MR) is 96.7 cm³/mol. The molecule has 1 heterocycles. The van der Waals surface area contributed by atoms with Crippen molar-refractivity contribution in [1.82, 2.24) is 9.55 Å². The van der Waals surface area contributed by atoms with Gasteiger partial charge in [-0.3, -0.25) is 4.79 Å². The van der Waals surface area contributed by atoms with Crippen molar-refractivity contribution >= 4 is 18.0 Å². The third kappa shape index (κ3) is 6.18. The van der Waals surface area contributed by atoms with Crippen LogP contribution < -0.4 is 5.73 Å². The quantitative estimate of drug-likeness (QED) is 0.441. The van der Waals surface area contributed by atoms with E-state index in [1.54, 1.807) is 32.4 Å². The molecule has 2 N–H and O–H groups in total. The average molecular weight is 357 g/mol. The summed E-state index contributed by atoms with van der Waals surface area (Å²) in [7, 11) is 0. The number of ether oxygens (including phenoxy) is 2. The molecule has 26 heavy (non-hydrogen) atoms. The van der Waals surface area contributed by atoms with Crippen LogP contribution in [0.15, 0.2) is 49.1 Å². The molecule has 2 rings (SSSR count). The second-order valence-electron chi connectivity index (χ2n) is 6.12. The Labute approximate surface area is 152 Å². The Hall–Kier alpha value is -2.93. The largest absolute Gasteiger partial charge is 0.427 e. The molecule has 0 radical (unpaired) electrons. The van der Waals surface area contributed by atoms with Crippen LogP contribution in [0.5, 0.6) is 0 Å². The first kappa shape index (κ1) is 19.4. The Morgan fingerprint density at radius 1 is 1.23 bits per heavy atom. The van der Waals surface area contributed by atoms with Gasteiger partial charge in [-0.15, -0.1) is 0 Å². The van der Waals surface area contributed by atoms with E-state index in [0.29, 0.717) is 0 Å². The van der Waals surface area contributed by atoms with Gasteiger partial charge in [0.1, 0.15) is 6.04 Å². The Morgan fingerprint density at radius 2 is 1.96 bits per heavy atom. The highest BCUT2D eigenvalue weighted by molar-refractivity contribution is 5.87. The minimum Gasteiger partial charge on any atom is -0.427 e. The van der Waals surface area contributed by atoms with E-state index in [1.807, 2.05) is 35.0 Å². The zero-order valence-corrected chi connectivity index (χ0v) is 14.9. The summed E-state index contributed by atoms with van der Waals surface area (Å²) in [5.74, 6) is -1.24. The summed E-state index contributed by atoms with van der Waals surface area (Å²) in [6, 6.07) is 7.01. The lowest BCUT2D eigenvalue weighted by molar-refractivity contribution is -0.165. The molecule has 1 atom stereocenters. The summed E-state index contributed by atoms with van der Waals surface area (Å²) < 4.78 is 11.6. The Kier molecular flexibility index (Phi) is 7.11. The van der Waals surface area contributed by atoms with Crippen LogP contribution in [0.2, 0.25) is 0 Å². The summed E-state index contributed by atoms with van der Waals surface area (Å²) in [4.78, 5) is 27.2. The number of hydrogen-bond acceptors (Lipinski definition) is 6. The maximum absolute atomic E-state index is 11.6. The van der Waals surface area contributed by atoms with Crippen LogP contribution in [-0.2, 0) is 25.6 Å². The van der Waals surface area contributed by atoms with Crippen molar-refractivity contribution in [3.8, 4) is 0 Å². The third-order valence-electron chi connectivity index (χ3n) is 3.71. The van der Waals surface area contributed by atoms with Crippen molar-refractivity contribution in [3.05, 3.63) is 60.2 Å². The zero-order valence-electron chi connectivity index (χ0n) is 14.9. The highest BCUT2D eigenvalue weighted by atomic mass is 16.7. The molecule has 0 bridgehead atoms. The number of aromatic nitrogens is 2. The molecule has 1 aromatic heterocycles. The molecule has 0 saturated carbocycles. The van der Waals surface area contributed by atoms with E-state index in [-0.39, 0.29) is 5.92 Å². The lowest BCUT2D eigenvalue weighted by Crippen LogP contribution is -2.37. The first-order valence-corrected chi connectivity index (χ1v) is 8.27. The number of rotatable bonds is 8. The molecule has 2 aromatic rings. The first-order chi connectivity index (χ1) is 12.5. The molecule has 7 nitrogen and oxygen atoms in total. The van der Waals surface area contributed by atoms with Gasteiger partial charge in [0.2, 0.25) is 6.79 Å². The van der Waals surface area contributed by atoms with Crippen LogP contribution in [0.1, 0.15) is 25.0 Å². The van der Waals surface area contributed by atoms with E-state index >= 15 is 0 Å². The van der Waals surface area contributed by atoms with E-state index in [2.05, 4.69) is 4.98 Å². The average Bonchev–Trinajstić information content (AvgIpc) is 3.13. The van der Waals surface area contributed by atoms with E-state index in [9.17, 15) is 9.59 Å². The fraction of sp³-hybridized carbons (Fsp3) is 0.316. The molecular weight excluding hydrogens is 334 g/mol. The van der Waals surface area contributed by atoms with Gasteiger partial charge in [-0.25, -0.2) is 9.78 Å². The first-order valence-electron chi connectivity index (χ1n) is 8.27. The van der Waals surface area contributed by atoms with Crippen LogP contribution in [0.3, 0.4) is 0 Å². The van der Waals surface area contributed by atoms with Gasteiger partial charge in [-0.2, -0.15) is 0 Å². The maximum Gasteiger partial charge on any atom is 0.333 e. The number of hydrogen-bond donors (Lipinski definition) is 1. The molecule has 0 amide bonds. The van der Waals surface area contributed by atoms with Gasteiger partial charge in [0.25, 0.3) is 0 Å². The number of nitrogens with zero attached hydrogens (tertiary/aromatic N) is 2. The van der Waals surface area contributed by atoms with Crippen LogP contribution in [0.25, 0.3) is 6.08 Å². The van der Waals surface area contributed by atoms with Gasteiger partial charge in [-0.05, 0) is 23.1 Å². The minimum atomic E-state index is -0.731. The van der Waals surface area contributed by atoms with Crippen molar-refractivity contribution < 1.29 is 19.1 Å². The molecule has 0 aliphatic carbocycles. The van der Waals surface area contributed by atoms with Crippen LogP contribution in [-0.4, -0.2) is 34.3 Å². The second-order valence-corrected chi connectivity index (χ2v) is 6.12. The van der Waals surface area contributed by atoms with Gasteiger partial charge in [-0.1, -0.05) is 38.1 Å². The number of nitrogens with two attached hydrogens (primary N) is 1. The van der Waals surface area contributed by atoms with Gasteiger partial charge in [0, 0.05) is 25.0 Å². The predicted octanol–water partition coefficient (Wildman–Crippen LogP) is 1.97. The van der Waals surface area contributed by atoms with E-state index in [4.69, 9.17) is 15.2 Å². The van der Waals surface area contributed by atoms with Gasteiger partial charge < -0.3 is 19.8 Å². The minimum absolute atomic E-state index is 0.0464. The third-order valence-corrected chi connectivity index (χ3v) is 3.71. The van der Waals surface area contributed by atoms with Crippen LogP contribution >= 0.6 is 0 Å². The van der Waals surface area contributed by atoms with Gasteiger partial charge >= 0.3 is 11.9 Å². The number of imidazole rings is 1. The maximum atomic E-state index is 11.6. The molecule has 0 fully saturated rings. The van der Waals surface area contributed by atoms with Crippen LogP contribution in [0, 0.1) is 5.92 Å². The highest BCUT2D eigenvalue weighted by Crippen LogP contribution is 2.08. The fourth-order valence-corrected chi connectivity index (χ4v) is 2.05. The molecule has 1 aromatic carbocycles. The van der Waals surface area contributed by atoms with E-state index in [1.165, 1.54) is 6.08 Å². The second kappa shape index (κ2) is 9.53. The van der Waals surface area contributed by atoms with Gasteiger partial charge in [0.05, 0.1) is 6.33 Å². The Morgan fingerprint density at radius 3 is 2.58 bits per heavy atom. The van der Waals surface area contributed by atoms with Crippen molar-refractivity contribution in [2.75, 3.05) is 6.79 Å². The smallest absolute Gasteiger partial charge is 0.333 e. The normalized spacial score (nSPS) is 12.3. The standard InChI is InChI=1S/C19H23N3O4/c1-14(2)18(20)19(24)26-13-25-17(23)8-7-15-3-5-16(6-4-15)11-22-10-9-21-12-22/h3-10,12,14,18H,11,13,20H2,1-2H3/b8-7+/t18-/m0/s1. The van der Waals surface area contributed by atoms with E-state index < -0.39 is 24.8 Å². The molecule has 0 saturated heterocycles. The molecule has 138 valence electrons.